The normalized spacial score (nSPS) is 44.2. The molecule has 0 aliphatic heterocycles. The summed E-state index contributed by atoms with van der Waals surface area (Å²) in [6.07, 6.45) is 10.8. The van der Waals surface area contributed by atoms with Gasteiger partial charge in [-0.3, -0.25) is 4.79 Å². The first-order chi connectivity index (χ1) is 13.7. The lowest BCUT2D eigenvalue weighted by atomic mass is 9.48. The van der Waals surface area contributed by atoms with Crippen molar-refractivity contribution in [3.63, 3.8) is 0 Å². The van der Waals surface area contributed by atoms with Crippen molar-refractivity contribution in [1.29, 1.82) is 0 Å². The number of ketones is 1. The predicted molar refractivity (Wildman–Crippen MR) is 129 cm³/mol. The van der Waals surface area contributed by atoms with Crippen LogP contribution in [0.15, 0.2) is 11.6 Å². The second kappa shape index (κ2) is 7.39. The van der Waals surface area contributed by atoms with Gasteiger partial charge in [0.1, 0.15) is 6.10 Å². The van der Waals surface area contributed by atoms with Crippen LogP contribution in [0.4, 0.5) is 0 Å². The zero-order chi connectivity index (χ0) is 22.1. The molecule has 0 N–H and O–H groups in total. The van der Waals surface area contributed by atoms with Gasteiger partial charge >= 0.3 is 0 Å². The number of Topliss-reactive ketones (excluding diaryl/α,β-unsaturated/α-hetero) is 1. The van der Waals surface area contributed by atoms with E-state index in [4.69, 9.17) is 8.85 Å². The molecule has 30 heavy (non-hydrogen) atoms. The molecule has 3 nitrogen and oxygen atoms in total. The highest BCUT2D eigenvalue weighted by Gasteiger charge is 2.61. The summed E-state index contributed by atoms with van der Waals surface area (Å²) in [7, 11) is -3.22. The summed E-state index contributed by atoms with van der Waals surface area (Å²) in [6, 6.07) is 0. The van der Waals surface area contributed by atoms with E-state index in [9.17, 15) is 4.79 Å². The number of allylic oxidation sites excluding steroid dienone is 1. The first-order valence-electron chi connectivity index (χ1n) is 12.3. The second-order valence-electron chi connectivity index (χ2n) is 13.1. The minimum Gasteiger partial charge on any atom is -0.414 e. The van der Waals surface area contributed by atoms with Crippen molar-refractivity contribution in [2.24, 2.45) is 28.6 Å². The van der Waals surface area contributed by atoms with E-state index >= 15 is 0 Å². The number of carbonyl (C=O) groups excluding carboxylic acids is 1. The molecule has 4 aliphatic carbocycles. The lowest BCUT2D eigenvalue weighted by Crippen LogP contribution is -2.51. The van der Waals surface area contributed by atoms with Gasteiger partial charge in [-0.25, -0.2) is 0 Å². The van der Waals surface area contributed by atoms with Crippen LogP contribution in [0.2, 0.25) is 39.3 Å². The van der Waals surface area contributed by atoms with Crippen LogP contribution in [-0.2, 0) is 13.6 Å². The van der Waals surface area contributed by atoms with Crippen LogP contribution in [0, 0.1) is 28.6 Å². The van der Waals surface area contributed by atoms with E-state index in [0.29, 0.717) is 29.1 Å². The van der Waals surface area contributed by atoms with Crippen LogP contribution in [-0.4, -0.2) is 34.6 Å². The Morgan fingerprint density at radius 2 is 1.53 bits per heavy atom. The van der Waals surface area contributed by atoms with Gasteiger partial charge in [0, 0.05) is 11.5 Å². The molecule has 0 aromatic rings. The fraction of sp³-hybridized carbons (Fsp3) is 0.880. The van der Waals surface area contributed by atoms with Gasteiger partial charge in [-0.2, -0.15) is 0 Å². The zero-order valence-electron chi connectivity index (χ0n) is 20.6. The lowest BCUT2D eigenvalue weighted by molar-refractivity contribution is -0.136. The van der Waals surface area contributed by atoms with E-state index in [1.165, 1.54) is 19.3 Å². The fourth-order valence-electron chi connectivity index (χ4n) is 7.52. The van der Waals surface area contributed by atoms with Gasteiger partial charge in [-0.1, -0.05) is 25.5 Å². The number of hydrogen-bond acceptors (Lipinski definition) is 3. The number of carbonyl (C=O) groups is 1. The predicted octanol–water partition coefficient (Wildman–Crippen LogP) is 6.57. The number of hydrogen-bond donors (Lipinski definition) is 0. The Hall–Kier alpha value is -0.236. The van der Waals surface area contributed by atoms with Gasteiger partial charge in [0.05, 0.1) is 0 Å². The van der Waals surface area contributed by atoms with Crippen LogP contribution < -0.4 is 0 Å². The Labute approximate surface area is 186 Å². The average Bonchev–Trinajstić information content (AvgIpc) is 2.84. The van der Waals surface area contributed by atoms with Crippen molar-refractivity contribution in [3.05, 3.63) is 11.6 Å². The highest BCUT2D eigenvalue weighted by Crippen LogP contribution is 2.64. The maximum absolute atomic E-state index is 13.4. The summed E-state index contributed by atoms with van der Waals surface area (Å²) in [6.45, 7) is 18.4. The molecule has 3 unspecified atom stereocenters. The molecular formula is C25H44O3Si2. The molecule has 3 saturated carbocycles. The largest absolute Gasteiger partial charge is 0.414 e. The van der Waals surface area contributed by atoms with Gasteiger partial charge < -0.3 is 8.85 Å². The Balaban J connectivity index is 1.56. The zero-order valence-corrected chi connectivity index (χ0v) is 22.6. The summed E-state index contributed by atoms with van der Waals surface area (Å²) in [5.41, 5.74) is 1.82. The van der Waals surface area contributed by atoms with Crippen molar-refractivity contribution >= 4 is 22.4 Å². The Morgan fingerprint density at radius 1 is 0.900 bits per heavy atom. The van der Waals surface area contributed by atoms with Crippen LogP contribution in [0.3, 0.4) is 0 Å². The third kappa shape index (κ3) is 3.97. The van der Waals surface area contributed by atoms with E-state index in [2.05, 4.69) is 59.2 Å². The molecule has 0 heterocycles. The quantitative estimate of drug-likeness (QED) is 0.360. The number of fused-ring (bicyclic) bond motifs is 5. The molecule has 0 spiro atoms. The van der Waals surface area contributed by atoms with Crippen LogP contribution in [0.25, 0.3) is 0 Å². The van der Waals surface area contributed by atoms with Gasteiger partial charge in [0.15, 0.2) is 22.4 Å². The van der Waals surface area contributed by atoms with E-state index < -0.39 is 16.6 Å². The molecule has 0 aromatic heterocycles. The third-order valence-corrected chi connectivity index (χ3v) is 10.8. The molecular weight excluding hydrogens is 404 g/mol. The Kier molecular flexibility index (Phi) is 5.65. The first kappa shape index (κ1) is 22.9. The molecule has 7 atom stereocenters. The first-order valence-corrected chi connectivity index (χ1v) is 19.1. The van der Waals surface area contributed by atoms with Gasteiger partial charge in [0.2, 0.25) is 0 Å². The van der Waals surface area contributed by atoms with E-state index in [-0.39, 0.29) is 11.5 Å². The summed E-state index contributed by atoms with van der Waals surface area (Å²) in [5.74, 6) is 2.28. The second-order valence-corrected chi connectivity index (χ2v) is 22.1. The minimum absolute atomic E-state index is 0.149. The summed E-state index contributed by atoms with van der Waals surface area (Å²) in [5, 5.41) is 0. The van der Waals surface area contributed by atoms with Crippen molar-refractivity contribution in [1.82, 2.24) is 0 Å². The standard InChI is InChI=1S/C25H44O3Si2/c1-24-13-11-18(27-29(3,4)5)15-17(24)9-10-19-20(24)12-14-25(2)21(19)16-22(23(25)26)28-30(6,7)8/h9,18-22H,10-16H2,1-8H3/t18-,19?,20?,21?,22+,24-,25-/m0/s1. The molecule has 4 rings (SSSR count). The maximum Gasteiger partial charge on any atom is 0.184 e. The summed E-state index contributed by atoms with van der Waals surface area (Å²) < 4.78 is 12.9. The maximum atomic E-state index is 13.4. The molecule has 5 heteroatoms. The average molecular weight is 449 g/mol. The topological polar surface area (TPSA) is 35.5 Å². The van der Waals surface area contributed by atoms with E-state index in [0.717, 1.165) is 31.6 Å². The smallest absolute Gasteiger partial charge is 0.184 e. The lowest BCUT2D eigenvalue weighted by Gasteiger charge is -2.57. The van der Waals surface area contributed by atoms with Gasteiger partial charge in [-0.05, 0) is 107 Å². The molecule has 0 aromatic carbocycles. The fourth-order valence-corrected chi connectivity index (χ4v) is 9.78. The molecule has 170 valence electrons. The monoisotopic (exact) mass is 448 g/mol. The summed E-state index contributed by atoms with van der Waals surface area (Å²) in [4.78, 5) is 13.4. The van der Waals surface area contributed by atoms with Crippen LogP contribution in [0.1, 0.15) is 58.8 Å². The highest BCUT2D eigenvalue weighted by atomic mass is 28.4. The van der Waals surface area contributed by atoms with Gasteiger partial charge in [-0.15, -0.1) is 0 Å². The number of rotatable bonds is 4. The SMILES string of the molecule is C[C@]12CC[C@H](O[Si](C)(C)C)CC1=CCC1C2CC[C@]2(C)C(=O)[C@H](O[Si](C)(C)C)CC12. The minimum atomic E-state index is -1.72. The highest BCUT2D eigenvalue weighted by molar-refractivity contribution is 6.70. The van der Waals surface area contributed by atoms with Crippen LogP contribution >= 0.6 is 0 Å². The van der Waals surface area contributed by atoms with Crippen molar-refractivity contribution in [2.75, 3.05) is 0 Å². The third-order valence-electron chi connectivity index (χ3n) is 8.79. The summed E-state index contributed by atoms with van der Waals surface area (Å²) >= 11 is 0. The van der Waals surface area contributed by atoms with E-state index in [1.54, 1.807) is 5.57 Å². The van der Waals surface area contributed by atoms with Crippen LogP contribution in [0.5, 0.6) is 0 Å². The van der Waals surface area contributed by atoms with Gasteiger partial charge in [0.25, 0.3) is 0 Å². The van der Waals surface area contributed by atoms with Crippen molar-refractivity contribution < 1.29 is 13.6 Å². The Morgan fingerprint density at radius 3 is 2.17 bits per heavy atom. The molecule has 0 amide bonds. The molecule has 0 saturated heterocycles. The van der Waals surface area contributed by atoms with Crippen molar-refractivity contribution in [2.45, 2.75) is 110 Å². The molecule has 0 bridgehead atoms. The van der Waals surface area contributed by atoms with E-state index in [1.807, 2.05) is 0 Å². The van der Waals surface area contributed by atoms with Crippen molar-refractivity contribution in [3.8, 4) is 0 Å². The molecule has 0 radical (unpaired) electrons. The molecule has 3 fully saturated rings. The molecule has 4 aliphatic rings. The Bertz CT molecular complexity index is 734.